The first-order valence-electron chi connectivity index (χ1n) is 9.24. The molecule has 6 nitrogen and oxygen atoms in total. The van der Waals surface area contributed by atoms with Crippen molar-refractivity contribution in [1.29, 1.82) is 0 Å². The van der Waals surface area contributed by atoms with Crippen molar-refractivity contribution in [3.05, 3.63) is 52.8 Å². The maximum atomic E-state index is 12.8. The average molecular weight is 420 g/mol. The molecule has 2 N–H and O–H groups in total. The fourth-order valence-corrected chi connectivity index (χ4v) is 3.89. The number of carbonyl (C=O) groups is 1. The molecule has 1 amide bonds. The van der Waals surface area contributed by atoms with Gasteiger partial charge in [-0.1, -0.05) is 24.1 Å². The molecule has 0 radical (unpaired) electrons. The van der Waals surface area contributed by atoms with Gasteiger partial charge in [0, 0.05) is 30.0 Å². The fraction of sp³-hybridized carbons (Fsp3) is 0.350. The Morgan fingerprint density at radius 3 is 3.00 bits per heavy atom. The molecule has 1 aromatic carbocycles. The van der Waals surface area contributed by atoms with E-state index in [9.17, 15) is 4.79 Å². The minimum atomic E-state index is -0.199. The standard InChI is InChI=1S/C20H22ClN5O.ClH/c1-13-11-14(8-10-23-13)19(27)25-20-24-17-7-4-6-16(21)18(17)26(20)15-5-2-3-9-22-12-15;/h4,6-8,10-11,15,22H,2-3,5,9,12H2,1H3,(H,24,25,27);1H/t15-;/m1./s1. The number of nitrogens with zero attached hydrogens (tertiary/aromatic N) is 3. The second-order valence-corrected chi connectivity index (χ2v) is 7.31. The van der Waals surface area contributed by atoms with Crippen molar-refractivity contribution in [2.75, 3.05) is 18.4 Å². The van der Waals surface area contributed by atoms with Crippen molar-refractivity contribution in [2.24, 2.45) is 0 Å². The van der Waals surface area contributed by atoms with E-state index < -0.39 is 0 Å². The number of para-hydroxylation sites is 1. The molecule has 0 bridgehead atoms. The van der Waals surface area contributed by atoms with Crippen molar-refractivity contribution in [3.8, 4) is 0 Å². The number of carbonyl (C=O) groups excluding carboxylic acids is 1. The lowest BCUT2D eigenvalue weighted by atomic mass is 10.1. The number of anilines is 1. The first kappa shape index (κ1) is 20.6. The smallest absolute Gasteiger partial charge is 0.258 e. The fourth-order valence-electron chi connectivity index (χ4n) is 3.63. The summed E-state index contributed by atoms with van der Waals surface area (Å²) in [5.41, 5.74) is 3.01. The highest BCUT2D eigenvalue weighted by Crippen LogP contribution is 2.32. The molecule has 1 aliphatic rings. The van der Waals surface area contributed by atoms with Crippen molar-refractivity contribution >= 4 is 46.9 Å². The van der Waals surface area contributed by atoms with Gasteiger partial charge in [-0.05, 0) is 50.6 Å². The molecule has 3 heterocycles. The molecule has 148 valence electrons. The number of benzene rings is 1. The summed E-state index contributed by atoms with van der Waals surface area (Å²) in [5, 5.41) is 7.11. The molecule has 0 saturated carbocycles. The molecule has 2 aromatic heterocycles. The number of halogens is 2. The number of aryl methyl sites for hydroxylation is 1. The number of nitrogens with one attached hydrogen (secondary N) is 2. The molecular weight excluding hydrogens is 397 g/mol. The largest absolute Gasteiger partial charge is 0.315 e. The van der Waals surface area contributed by atoms with Crippen LogP contribution in [0.3, 0.4) is 0 Å². The normalized spacial score (nSPS) is 17.0. The molecule has 1 aliphatic heterocycles. The van der Waals surface area contributed by atoms with Gasteiger partial charge in [0.1, 0.15) is 0 Å². The predicted octanol–water partition coefficient (Wildman–Crippen LogP) is 4.38. The molecule has 1 fully saturated rings. The van der Waals surface area contributed by atoms with Gasteiger partial charge in [0.25, 0.3) is 5.91 Å². The summed E-state index contributed by atoms with van der Waals surface area (Å²) in [7, 11) is 0. The Kier molecular flexibility index (Phi) is 6.54. The Hall–Kier alpha value is -2.15. The van der Waals surface area contributed by atoms with E-state index in [0.29, 0.717) is 16.5 Å². The summed E-state index contributed by atoms with van der Waals surface area (Å²) in [5.74, 6) is 0.334. The maximum absolute atomic E-state index is 12.8. The quantitative estimate of drug-likeness (QED) is 0.660. The number of amides is 1. The van der Waals surface area contributed by atoms with E-state index >= 15 is 0 Å². The molecule has 3 aromatic rings. The molecule has 1 atom stereocenters. The third kappa shape index (κ3) is 4.14. The van der Waals surface area contributed by atoms with E-state index in [1.807, 2.05) is 25.1 Å². The lowest BCUT2D eigenvalue weighted by Crippen LogP contribution is -2.25. The summed E-state index contributed by atoms with van der Waals surface area (Å²) in [6, 6.07) is 9.33. The van der Waals surface area contributed by atoms with E-state index in [0.717, 1.165) is 49.1 Å². The second kappa shape index (κ2) is 8.90. The van der Waals surface area contributed by atoms with Crippen molar-refractivity contribution in [2.45, 2.75) is 32.2 Å². The number of imidazole rings is 1. The minimum absolute atomic E-state index is 0. The maximum Gasteiger partial charge on any atom is 0.258 e. The number of hydrogen-bond donors (Lipinski definition) is 2. The van der Waals surface area contributed by atoms with Gasteiger partial charge in [-0.3, -0.25) is 15.1 Å². The van der Waals surface area contributed by atoms with Crippen LogP contribution in [0.5, 0.6) is 0 Å². The number of pyridine rings is 1. The SMILES string of the molecule is Cc1cc(C(=O)Nc2nc3cccc(Cl)c3n2[C@@H]2CCCCNC2)ccn1.Cl. The number of fused-ring (bicyclic) bond motifs is 1. The minimum Gasteiger partial charge on any atom is -0.315 e. The van der Waals surface area contributed by atoms with Crippen LogP contribution in [-0.2, 0) is 0 Å². The van der Waals surface area contributed by atoms with Gasteiger partial charge in [-0.2, -0.15) is 0 Å². The van der Waals surface area contributed by atoms with Crippen LogP contribution in [0.2, 0.25) is 5.02 Å². The highest BCUT2D eigenvalue weighted by molar-refractivity contribution is 6.35. The predicted molar refractivity (Wildman–Crippen MR) is 115 cm³/mol. The van der Waals surface area contributed by atoms with Crippen LogP contribution in [0.1, 0.15) is 41.4 Å². The van der Waals surface area contributed by atoms with Gasteiger partial charge in [0.05, 0.1) is 16.1 Å². The van der Waals surface area contributed by atoms with E-state index in [1.165, 1.54) is 0 Å². The van der Waals surface area contributed by atoms with E-state index in [4.69, 9.17) is 11.6 Å². The van der Waals surface area contributed by atoms with E-state index in [1.54, 1.807) is 18.3 Å². The van der Waals surface area contributed by atoms with Crippen molar-refractivity contribution < 1.29 is 4.79 Å². The average Bonchev–Trinajstić information content (AvgIpc) is 2.83. The summed E-state index contributed by atoms with van der Waals surface area (Å²) >= 11 is 6.51. The first-order chi connectivity index (χ1) is 13.1. The number of aromatic nitrogens is 3. The first-order valence-corrected chi connectivity index (χ1v) is 9.62. The Morgan fingerprint density at radius 2 is 2.18 bits per heavy atom. The van der Waals surface area contributed by atoms with E-state index in [2.05, 4.69) is 25.2 Å². The summed E-state index contributed by atoms with van der Waals surface area (Å²) in [6.45, 7) is 3.70. The summed E-state index contributed by atoms with van der Waals surface area (Å²) in [6.07, 6.45) is 4.92. The van der Waals surface area contributed by atoms with Gasteiger partial charge in [-0.15, -0.1) is 12.4 Å². The van der Waals surface area contributed by atoms with Gasteiger partial charge in [-0.25, -0.2) is 4.98 Å². The summed E-state index contributed by atoms with van der Waals surface area (Å²) < 4.78 is 2.09. The summed E-state index contributed by atoms with van der Waals surface area (Å²) in [4.78, 5) is 21.6. The van der Waals surface area contributed by atoms with Crippen LogP contribution in [0.25, 0.3) is 11.0 Å². The van der Waals surface area contributed by atoms with Crippen LogP contribution < -0.4 is 10.6 Å². The number of rotatable bonds is 3. The van der Waals surface area contributed by atoms with Gasteiger partial charge >= 0.3 is 0 Å². The second-order valence-electron chi connectivity index (χ2n) is 6.91. The molecular formula is C20H23Cl2N5O. The molecule has 1 saturated heterocycles. The van der Waals surface area contributed by atoms with Crippen molar-refractivity contribution in [1.82, 2.24) is 19.9 Å². The monoisotopic (exact) mass is 419 g/mol. The van der Waals surface area contributed by atoms with Crippen LogP contribution in [0.4, 0.5) is 5.95 Å². The molecule has 28 heavy (non-hydrogen) atoms. The zero-order valence-electron chi connectivity index (χ0n) is 15.6. The highest BCUT2D eigenvalue weighted by Gasteiger charge is 2.23. The third-order valence-corrected chi connectivity index (χ3v) is 5.24. The Labute approximate surface area is 175 Å². The lowest BCUT2D eigenvalue weighted by Gasteiger charge is -2.20. The molecule has 0 unspecified atom stereocenters. The van der Waals surface area contributed by atoms with E-state index in [-0.39, 0.29) is 24.4 Å². The number of hydrogen-bond acceptors (Lipinski definition) is 4. The lowest BCUT2D eigenvalue weighted by molar-refractivity contribution is 0.102. The molecule has 4 rings (SSSR count). The van der Waals surface area contributed by atoms with Crippen LogP contribution in [0, 0.1) is 6.92 Å². The van der Waals surface area contributed by atoms with Crippen LogP contribution in [0.15, 0.2) is 36.5 Å². The molecule has 0 aliphatic carbocycles. The van der Waals surface area contributed by atoms with Crippen LogP contribution in [-0.4, -0.2) is 33.5 Å². The molecule has 0 spiro atoms. The van der Waals surface area contributed by atoms with Gasteiger partial charge in [0.2, 0.25) is 5.95 Å². The Morgan fingerprint density at radius 1 is 1.32 bits per heavy atom. The third-order valence-electron chi connectivity index (χ3n) is 4.93. The Bertz CT molecular complexity index is 980. The van der Waals surface area contributed by atoms with Crippen molar-refractivity contribution in [3.63, 3.8) is 0 Å². The zero-order chi connectivity index (χ0) is 18.8. The topological polar surface area (TPSA) is 71.8 Å². The Balaban J connectivity index is 0.00000225. The molecule has 8 heteroatoms. The van der Waals surface area contributed by atoms with Gasteiger partial charge < -0.3 is 9.88 Å². The van der Waals surface area contributed by atoms with Gasteiger partial charge in [0.15, 0.2) is 0 Å². The van der Waals surface area contributed by atoms with Crippen LogP contribution >= 0.6 is 24.0 Å². The zero-order valence-corrected chi connectivity index (χ0v) is 17.2. The highest BCUT2D eigenvalue weighted by atomic mass is 35.5.